The average molecular weight is 301 g/mol. The molecule has 8 heteroatoms. The van der Waals surface area contributed by atoms with Gasteiger partial charge in [-0.2, -0.15) is 0 Å². The molecule has 0 aromatic heterocycles. The van der Waals surface area contributed by atoms with Crippen LogP contribution in [0.4, 0.5) is 5.69 Å². The van der Waals surface area contributed by atoms with Gasteiger partial charge >= 0.3 is 0 Å². The first kappa shape index (κ1) is 15.2. The van der Waals surface area contributed by atoms with Gasteiger partial charge in [-0.05, 0) is 12.1 Å². The molecule has 6 nitrogen and oxygen atoms in total. The van der Waals surface area contributed by atoms with Gasteiger partial charge in [0.15, 0.2) is 0 Å². The third kappa shape index (κ3) is 4.08. The average Bonchev–Trinajstić information content (AvgIpc) is 2.25. The van der Waals surface area contributed by atoms with Crippen LogP contribution in [0.2, 0.25) is 5.02 Å². The Bertz CT molecular complexity index is 519. The molecule has 0 unspecified atom stereocenters. The third-order valence-electron chi connectivity index (χ3n) is 2.27. The number of thiocarbonyl (C=S) groups is 1. The van der Waals surface area contributed by atoms with Gasteiger partial charge in [0.05, 0.1) is 23.7 Å². The van der Waals surface area contributed by atoms with Crippen molar-refractivity contribution in [2.75, 3.05) is 18.0 Å². The van der Waals surface area contributed by atoms with Gasteiger partial charge in [0.1, 0.15) is 4.99 Å². The van der Waals surface area contributed by atoms with Crippen molar-refractivity contribution in [1.82, 2.24) is 0 Å². The summed E-state index contributed by atoms with van der Waals surface area (Å²) in [4.78, 5) is 23.6. The number of hydrogen-bond acceptors (Lipinski definition) is 4. The fourth-order valence-corrected chi connectivity index (χ4v) is 2.16. The number of hydrogen-bond donors (Lipinski definition) is 3. The largest absolute Gasteiger partial charge is 0.389 e. The van der Waals surface area contributed by atoms with E-state index in [2.05, 4.69) is 0 Å². The summed E-state index contributed by atoms with van der Waals surface area (Å²) in [6.45, 7) is -0.391. The SMILES string of the molecule is NC(=O)CN(CC(N)=O)c1cccc(Cl)c1C(N)=S. The first-order valence-corrected chi connectivity index (χ1v) is 6.01. The number of primary amides is 2. The highest BCUT2D eigenvalue weighted by molar-refractivity contribution is 7.80. The molecular weight excluding hydrogens is 288 g/mol. The summed E-state index contributed by atoms with van der Waals surface area (Å²) >= 11 is 10.9. The Labute approximate surface area is 120 Å². The lowest BCUT2D eigenvalue weighted by atomic mass is 10.1. The molecule has 19 heavy (non-hydrogen) atoms. The van der Waals surface area contributed by atoms with E-state index < -0.39 is 11.8 Å². The molecule has 1 aromatic carbocycles. The monoisotopic (exact) mass is 300 g/mol. The van der Waals surface area contributed by atoms with Crippen molar-refractivity contribution in [3.8, 4) is 0 Å². The van der Waals surface area contributed by atoms with E-state index in [-0.39, 0.29) is 18.1 Å². The molecule has 0 aliphatic rings. The Kier molecular flexibility index (Phi) is 5.08. The number of amides is 2. The molecule has 2 amide bonds. The second kappa shape index (κ2) is 6.35. The molecule has 1 aromatic rings. The molecule has 0 saturated heterocycles. The van der Waals surface area contributed by atoms with Crippen molar-refractivity contribution >= 4 is 46.3 Å². The zero-order chi connectivity index (χ0) is 14.6. The highest BCUT2D eigenvalue weighted by atomic mass is 35.5. The summed E-state index contributed by atoms with van der Waals surface area (Å²) in [6.07, 6.45) is 0. The minimum Gasteiger partial charge on any atom is -0.389 e. The van der Waals surface area contributed by atoms with Crippen LogP contribution in [0.15, 0.2) is 18.2 Å². The van der Waals surface area contributed by atoms with Gasteiger partial charge in [-0.3, -0.25) is 9.59 Å². The van der Waals surface area contributed by atoms with E-state index in [1.165, 1.54) is 4.90 Å². The summed E-state index contributed by atoms with van der Waals surface area (Å²) < 4.78 is 0. The highest BCUT2D eigenvalue weighted by Gasteiger charge is 2.18. The maximum Gasteiger partial charge on any atom is 0.236 e. The van der Waals surface area contributed by atoms with Crippen molar-refractivity contribution in [1.29, 1.82) is 0 Å². The van der Waals surface area contributed by atoms with Crippen LogP contribution in [0, 0.1) is 0 Å². The quantitative estimate of drug-likeness (QED) is 0.627. The maximum absolute atomic E-state index is 11.1. The van der Waals surface area contributed by atoms with Gasteiger partial charge in [0.2, 0.25) is 11.8 Å². The number of carbonyl (C=O) groups excluding carboxylic acids is 2. The molecular formula is C11H13ClN4O2S. The maximum atomic E-state index is 11.1. The normalized spacial score (nSPS) is 9.95. The number of benzene rings is 1. The van der Waals surface area contributed by atoms with Crippen LogP contribution < -0.4 is 22.1 Å². The molecule has 0 heterocycles. The standard InChI is InChI=1S/C11H13ClN4O2S/c12-6-2-1-3-7(10(6)11(15)19)16(4-8(13)17)5-9(14)18/h1-3H,4-5H2,(H2,13,17)(H2,14,18)(H2,15,19). The lowest BCUT2D eigenvalue weighted by molar-refractivity contribution is -0.117. The molecule has 0 spiro atoms. The molecule has 0 aliphatic heterocycles. The van der Waals surface area contributed by atoms with Crippen LogP contribution in [0.1, 0.15) is 5.56 Å². The van der Waals surface area contributed by atoms with E-state index in [1.807, 2.05) is 0 Å². The zero-order valence-electron chi connectivity index (χ0n) is 9.93. The van der Waals surface area contributed by atoms with E-state index >= 15 is 0 Å². The fourth-order valence-electron chi connectivity index (χ4n) is 1.62. The van der Waals surface area contributed by atoms with Crippen molar-refractivity contribution in [3.05, 3.63) is 28.8 Å². The predicted molar refractivity (Wildman–Crippen MR) is 77.9 cm³/mol. The summed E-state index contributed by atoms with van der Waals surface area (Å²) in [5.41, 5.74) is 16.7. The van der Waals surface area contributed by atoms with E-state index in [4.69, 9.17) is 41.0 Å². The van der Waals surface area contributed by atoms with Crippen LogP contribution in [-0.2, 0) is 9.59 Å². The van der Waals surface area contributed by atoms with E-state index in [1.54, 1.807) is 18.2 Å². The molecule has 0 fully saturated rings. The lowest BCUT2D eigenvalue weighted by Crippen LogP contribution is -2.40. The molecule has 0 saturated carbocycles. The molecule has 0 aliphatic carbocycles. The van der Waals surface area contributed by atoms with Gasteiger partial charge in [0.25, 0.3) is 0 Å². The van der Waals surface area contributed by atoms with Crippen LogP contribution in [0.25, 0.3) is 0 Å². The Hall–Kier alpha value is -1.86. The summed E-state index contributed by atoms with van der Waals surface area (Å²) in [5, 5.41) is 0.323. The molecule has 1 rings (SSSR count). The number of nitrogens with two attached hydrogens (primary N) is 3. The molecule has 6 N–H and O–H groups in total. The first-order chi connectivity index (χ1) is 8.82. The van der Waals surface area contributed by atoms with E-state index in [9.17, 15) is 9.59 Å². The van der Waals surface area contributed by atoms with Gasteiger partial charge in [0, 0.05) is 5.69 Å². The highest BCUT2D eigenvalue weighted by Crippen LogP contribution is 2.27. The van der Waals surface area contributed by atoms with E-state index in [0.717, 1.165) is 0 Å². The number of anilines is 1. The smallest absolute Gasteiger partial charge is 0.236 e. The van der Waals surface area contributed by atoms with Gasteiger partial charge in [-0.25, -0.2) is 0 Å². The molecule has 102 valence electrons. The Morgan fingerprint density at radius 1 is 1.16 bits per heavy atom. The Morgan fingerprint density at radius 3 is 2.11 bits per heavy atom. The number of nitrogens with zero attached hydrogens (tertiary/aromatic N) is 1. The topological polar surface area (TPSA) is 115 Å². The molecule has 0 atom stereocenters. The van der Waals surface area contributed by atoms with Crippen molar-refractivity contribution < 1.29 is 9.59 Å². The Balaban J connectivity index is 3.28. The minimum absolute atomic E-state index is 0.0551. The minimum atomic E-state index is -0.616. The van der Waals surface area contributed by atoms with Crippen molar-refractivity contribution in [2.45, 2.75) is 0 Å². The summed E-state index contributed by atoms with van der Waals surface area (Å²) in [5.74, 6) is -1.23. The van der Waals surface area contributed by atoms with Crippen molar-refractivity contribution in [3.63, 3.8) is 0 Å². The molecule has 0 bridgehead atoms. The number of rotatable bonds is 6. The first-order valence-electron chi connectivity index (χ1n) is 5.22. The van der Waals surface area contributed by atoms with Crippen LogP contribution in [-0.4, -0.2) is 29.9 Å². The molecule has 0 radical (unpaired) electrons. The summed E-state index contributed by atoms with van der Waals surface area (Å²) in [7, 11) is 0. The fraction of sp³-hybridized carbons (Fsp3) is 0.182. The van der Waals surface area contributed by atoms with Gasteiger partial charge in [-0.15, -0.1) is 0 Å². The second-order valence-electron chi connectivity index (χ2n) is 3.79. The zero-order valence-corrected chi connectivity index (χ0v) is 11.5. The number of carbonyl (C=O) groups is 2. The van der Waals surface area contributed by atoms with Crippen molar-refractivity contribution in [2.24, 2.45) is 17.2 Å². The van der Waals surface area contributed by atoms with Gasteiger partial charge < -0.3 is 22.1 Å². The number of halogens is 1. The predicted octanol–water partition coefficient (Wildman–Crippen LogP) is -0.249. The van der Waals surface area contributed by atoms with Crippen LogP contribution in [0.3, 0.4) is 0 Å². The lowest BCUT2D eigenvalue weighted by Gasteiger charge is -2.24. The Morgan fingerprint density at radius 2 is 1.68 bits per heavy atom. The van der Waals surface area contributed by atoms with Crippen LogP contribution in [0.5, 0.6) is 0 Å². The second-order valence-corrected chi connectivity index (χ2v) is 4.63. The van der Waals surface area contributed by atoms with Crippen LogP contribution >= 0.6 is 23.8 Å². The van der Waals surface area contributed by atoms with E-state index in [0.29, 0.717) is 16.3 Å². The summed E-state index contributed by atoms with van der Waals surface area (Å²) in [6, 6.07) is 4.88. The van der Waals surface area contributed by atoms with Gasteiger partial charge in [-0.1, -0.05) is 29.9 Å². The third-order valence-corrected chi connectivity index (χ3v) is 2.79.